The molecule has 0 radical (unpaired) electrons. The average molecular weight is 695 g/mol. The molecule has 0 amide bonds. The number of benzene rings is 6. The van der Waals surface area contributed by atoms with Gasteiger partial charge in [-0.1, -0.05) is 84.9 Å². The first-order valence-electron chi connectivity index (χ1n) is 15.2. The Labute approximate surface area is 283 Å². The van der Waals surface area contributed by atoms with Crippen LogP contribution in [0.5, 0.6) is 11.5 Å². The number of aryl methyl sites for hydroxylation is 2. The first-order chi connectivity index (χ1) is 23.4. The van der Waals surface area contributed by atoms with Gasteiger partial charge in [-0.2, -0.15) is 16.8 Å². The molecular formula is C39H28F2O6S2. The topological polar surface area (TPSA) is 86.7 Å². The van der Waals surface area contributed by atoms with Crippen molar-refractivity contribution in [3.05, 3.63) is 178 Å². The Morgan fingerprint density at radius 3 is 1.29 bits per heavy atom. The van der Waals surface area contributed by atoms with Crippen LogP contribution in [0.25, 0.3) is 11.1 Å². The van der Waals surface area contributed by atoms with Crippen molar-refractivity contribution in [2.24, 2.45) is 0 Å². The van der Waals surface area contributed by atoms with Crippen LogP contribution in [0.1, 0.15) is 33.4 Å². The molecule has 6 aromatic rings. The van der Waals surface area contributed by atoms with E-state index in [-0.39, 0.29) is 9.79 Å². The molecule has 1 aliphatic rings. The minimum atomic E-state index is -4.36. The van der Waals surface area contributed by atoms with E-state index in [4.69, 9.17) is 8.37 Å². The lowest BCUT2D eigenvalue weighted by Crippen LogP contribution is -2.29. The van der Waals surface area contributed by atoms with Crippen LogP contribution < -0.4 is 8.37 Å². The molecule has 7 rings (SSSR count). The van der Waals surface area contributed by atoms with Crippen molar-refractivity contribution < 1.29 is 34.0 Å². The molecular weight excluding hydrogens is 667 g/mol. The van der Waals surface area contributed by atoms with E-state index in [1.807, 2.05) is 48.5 Å². The van der Waals surface area contributed by atoms with Crippen molar-refractivity contribution in [3.8, 4) is 22.6 Å². The van der Waals surface area contributed by atoms with E-state index >= 15 is 8.78 Å². The molecule has 0 saturated heterocycles. The lowest BCUT2D eigenvalue weighted by atomic mass is 9.67. The van der Waals surface area contributed by atoms with Crippen LogP contribution in [0.3, 0.4) is 0 Å². The molecule has 0 N–H and O–H groups in total. The first kappa shape index (κ1) is 32.2. The van der Waals surface area contributed by atoms with Crippen LogP contribution in [-0.2, 0) is 25.7 Å². The summed E-state index contributed by atoms with van der Waals surface area (Å²) in [6.45, 7) is 3.46. The van der Waals surface area contributed by atoms with Gasteiger partial charge in [-0.05, 0) is 107 Å². The van der Waals surface area contributed by atoms with Gasteiger partial charge in [-0.3, -0.25) is 0 Å². The number of halogens is 2. The summed E-state index contributed by atoms with van der Waals surface area (Å²) >= 11 is 0. The van der Waals surface area contributed by atoms with Crippen molar-refractivity contribution in [2.45, 2.75) is 29.1 Å². The Morgan fingerprint density at radius 2 is 0.898 bits per heavy atom. The Bertz CT molecular complexity index is 2320. The molecule has 49 heavy (non-hydrogen) atoms. The average Bonchev–Trinajstić information content (AvgIpc) is 3.38. The van der Waals surface area contributed by atoms with Crippen LogP contribution in [0.15, 0.2) is 143 Å². The minimum absolute atomic E-state index is 0.117. The van der Waals surface area contributed by atoms with E-state index < -0.39 is 48.8 Å². The number of hydrogen-bond acceptors (Lipinski definition) is 6. The zero-order valence-electron chi connectivity index (χ0n) is 26.2. The monoisotopic (exact) mass is 694 g/mol. The van der Waals surface area contributed by atoms with Gasteiger partial charge < -0.3 is 8.37 Å². The fourth-order valence-electron chi connectivity index (χ4n) is 6.50. The first-order valence-corrected chi connectivity index (χ1v) is 18.0. The van der Waals surface area contributed by atoms with Gasteiger partial charge in [0.2, 0.25) is 0 Å². The zero-order chi connectivity index (χ0) is 34.6. The molecule has 0 heterocycles. The molecule has 0 aromatic heterocycles. The summed E-state index contributed by atoms with van der Waals surface area (Å²) in [7, 11) is -8.71. The van der Waals surface area contributed by atoms with E-state index in [2.05, 4.69) is 0 Å². The zero-order valence-corrected chi connectivity index (χ0v) is 27.9. The van der Waals surface area contributed by atoms with Gasteiger partial charge in [-0.25, -0.2) is 8.78 Å². The van der Waals surface area contributed by atoms with Gasteiger partial charge in [0.25, 0.3) is 0 Å². The Balaban J connectivity index is 1.37. The normalized spacial score (nSPS) is 13.4. The van der Waals surface area contributed by atoms with Crippen LogP contribution in [0, 0.1) is 25.5 Å². The Kier molecular flexibility index (Phi) is 7.88. The maximum absolute atomic E-state index is 16.0. The van der Waals surface area contributed by atoms with Gasteiger partial charge >= 0.3 is 20.2 Å². The fraction of sp³-hybridized carbons (Fsp3) is 0.0769. The van der Waals surface area contributed by atoms with Gasteiger partial charge in [0, 0.05) is 0 Å². The van der Waals surface area contributed by atoms with Crippen molar-refractivity contribution >= 4 is 20.2 Å². The SMILES string of the molecule is Cc1cccc(S(=O)(=O)Oc2ccc(C3(c4ccc(OS(=O)(=O)c5cccc(C)c5)c(F)c4)c4ccccc4-c4ccccc43)cc2F)c1. The molecule has 246 valence electrons. The van der Waals surface area contributed by atoms with E-state index in [0.29, 0.717) is 22.3 Å². The van der Waals surface area contributed by atoms with Crippen molar-refractivity contribution in [3.63, 3.8) is 0 Å². The molecule has 0 bridgehead atoms. The highest BCUT2D eigenvalue weighted by Crippen LogP contribution is 2.56. The third kappa shape index (κ3) is 5.56. The third-order valence-electron chi connectivity index (χ3n) is 8.64. The van der Waals surface area contributed by atoms with Gasteiger partial charge in [-0.15, -0.1) is 0 Å². The summed E-state index contributed by atoms with van der Waals surface area (Å²) < 4.78 is 94.8. The lowest BCUT2D eigenvalue weighted by molar-refractivity contribution is 0.460. The summed E-state index contributed by atoms with van der Waals surface area (Å²) in [6, 6.07) is 35.1. The molecule has 0 unspecified atom stereocenters. The predicted molar refractivity (Wildman–Crippen MR) is 182 cm³/mol. The maximum atomic E-state index is 16.0. The van der Waals surface area contributed by atoms with Crippen molar-refractivity contribution in [2.75, 3.05) is 0 Å². The molecule has 0 spiro atoms. The van der Waals surface area contributed by atoms with Gasteiger partial charge in [0.1, 0.15) is 9.79 Å². The van der Waals surface area contributed by atoms with Gasteiger partial charge in [0.05, 0.1) is 5.41 Å². The lowest BCUT2D eigenvalue weighted by Gasteiger charge is -2.34. The second kappa shape index (κ2) is 12.0. The number of hydrogen-bond donors (Lipinski definition) is 0. The quantitative estimate of drug-likeness (QED) is 0.148. The maximum Gasteiger partial charge on any atom is 0.339 e. The van der Waals surface area contributed by atoms with Crippen LogP contribution in [0.2, 0.25) is 0 Å². The Hall–Kier alpha value is -5.32. The van der Waals surface area contributed by atoms with Crippen LogP contribution in [-0.4, -0.2) is 16.8 Å². The summed E-state index contributed by atoms with van der Waals surface area (Å²) in [5.41, 5.74) is 3.93. The molecule has 0 atom stereocenters. The summed E-state index contributed by atoms with van der Waals surface area (Å²) in [5, 5.41) is 0. The highest BCUT2D eigenvalue weighted by atomic mass is 32.2. The highest BCUT2D eigenvalue weighted by Gasteiger charge is 2.46. The molecule has 6 nitrogen and oxygen atoms in total. The second-order valence-electron chi connectivity index (χ2n) is 11.8. The molecule has 6 aromatic carbocycles. The largest absolute Gasteiger partial charge is 0.376 e. The van der Waals surface area contributed by atoms with E-state index in [1.165, 1.54) is 48.5 Å². The van der Waals surface area contributed by atoms with Crippen molar-refractivity contribution in [1.29, 1.82) is 0 Å². The number of fused-ring (bicyclic) bond motifs is 3. The van der Waals surface area contributed by atoms with E-state index in [1.54, 1.807) is 50.2 Å². The highest BCUT2D eigenvalue weighted by molar-refractivity contribution is 7.87. The fourth-order valence-corrected chi connectivity index (χ4v) is 8.59. The summed E-state index contributed by atoms with van der Waals surface area (Å²) in [5.74, 6) is -2.90. The second-order valence-corrected chi connectivity index (χ2v) is 14.9. The van der Waals surface area contributed by atoms with Crippen LogP contribution >= 0.6 is 0 Å². The van der Waals surface area contributed by atoms with E-state index in [0.717, 1.165) is 22.3 Å². The molecule has 10 heteroatoms. The number of rotatable bonds is 8. The molecule has 0 fully saturated rings. The van der Waals surface area contributed by atoms with Gasteiger partial charge in [0.15, 0.2) is 23.1 Å². The third-order valence-corrected chi connectivity index (χ3v) is 11.1. The summed E-state index contributed by atoms with van der Waals surface area (Å²) in [4.78, 5) is -0.235. The molecule has 0 saturated carbocycles. The smallest absolute Gasteiger partial charge is 0.339 e. The predicted octanol–water partition coefficient (Wildman–Crippen LogP) is 8.48. The van der Waals surface area contributed by atoms with Crippen molar-refractivity contribution in [1.82, 2.24) is 0 Å². The molecule has 0 aliphatic heterocycles. The summed E-state index contributed by atoms with van der Waals surface area (Å²) in [6.07, 6.45) is 0. The standard InChI is InChI=1S/C39H28F2O6S2/c1-25-9-7-11-29(21-25)48(42,43)46-37-19-17-27(23-35(37)40)39(33-15-5-3-13-31(33)32-14-4-6-16-34(32)39)28-18-20-38(36(41)24-28)47-49(44,45)30-12-8-10-26(2)22-30/h3-24H,1-2H3. The molecule has 1 aliphatic carbocycles. The Morgan fingerprint density at radius 1 is 0.490 bits per heavy atom. The van der Waals surface area contributed by atoms with Crippen LogP contribution in [0.4, 0.5) is 8.78 Å². The minimum Gasteiger partial charge on any atom is -0.376 e. The van der Waals surface area contributed by atoms with E-state index in [9.17, 15) is 16.8 Å².